The van der Waals surface area contributed by atoms with Gasteiger partial charge in [0.15, 0.2) is 0 Å². The number of hydrogen-bond donors (Lipinski definition) is 0. The molecule has 0 rings (SSSR count). The van der Waals surface area contributed by atoms with E-state index >= 15 is 0 Å². The molecule has 0 N–H and O–H groups in total. The van der Waals surface area contributed by atoms with Crippen LogP contribution in [0.4, 0.5) is 0 Å². The topological polar surface area (TPSA) is 9.23 Å². The number of rotatable bonds is 8. The van der Waals surface area contributed by atoms with Crippen molar-refractivity contribution in [3.63, 3.8) is 0 Å². The molecule has 3 heteroatoms. The summed E-state index contributed by atoms with van der Waals surface area (Å²) < 4.78 is 4.80. The number of unbranched alkanes of at least 4 members (excludes halogenated alkanes) is 5. The van der Waals surface area contributed by atoms with Crippen LogP contribution in [0.25, 0.3) is 0 Å². The predicted octanol–water partition coefficient (Wildman–Crippen LogP) is 2.48. The van der Waals surface area contributed by atoms with Crippen LogP contribution in [0.5, 0.6) is 0 Å². The highest BCUT2D eigenvalue weighted by Gasteiger charge is 1.90. The molecule has 0 atom stereocenters. The fourth-order valence-electron chi connectivity index (χ4n) is 1.03. The Labute approximate surface area is 76.4 Å². The normalized spacial score (nSPS) is 10.4. The van der Waals surface area contributed by atoms with Gasteiger partial charge in [0.25, 0.3) is 0 Å². The van der Waals surface area contributed by atoms with Crippen LogP contribution in [0.15, 0.2) is 0 Å². The second kappa shape index (κ2) is 10.4. The molecule has 0 aromatic carbocycles. The first-order chi connectivity index (χ1) is 5.41. The van der Waals surface area contributed by atoms with E-state index < -0.39 is 0 Å². The second-order valence-corrected chi connectivity index (χ2v) is 4.37. The molecule has 0 heterocycles. The first kappa shape index (κ1) is 11.4. The third-order valence-electron chi connectivity index (χ3n) is 1.70. The van der Waals surface area contributed by atoms with Crippen LogP contribution in [0.3, 0.4) is 0 Å². The van der Waals surface area contributed by atoms with E-state index in [1.165, 1.54) is 44.6 Å². The molecule has 0 bridgehead atoms. The zero-order valence-corrected chi connectivity index (χ0v) is 9.36. The molecule has 0 amide bonds. The lowest BCUT2D eigenvalue weighted by atomic mass is 10.1. The molecule has 0 saturated heterocycles. The first-order valence-corrected chi connectivity index (χ1v) is 5.99. The Morgan fingerprint density at radius 1 is 1.09 bits per heavy atom. The van der Waals surface area contributed by atoms with Crippen molar-refractivity contribution in [2.45, 2.75) is 51.5 Å². The fourth-order valence-corrected chi connectivity index (χ4v) is 1.83. The van der Waals surface area contributed by atoms with Crippen molar-refractivity contribution in [2.75, 3.05) is 0 Å². The quantitative estimate of drug-likeness (QED) is 0.417. The summed E-state index contributed by atoms with van der Waals surface area (Å²) in [4.78, 5) is 0. The van der Waals surface area contributed by atoms with Gasteiger partial charge in [-0.15, -0.1) is 0 Å². The molecule has 0 aliphatic rings. The third kappa shape index (κ3) is 10.4. The van der Waals surface area contributed by atoms with Gasteiger partial charge in [0, 0.05) is 0 Å². The largest absolute Gasteiger partial charge is 0.458 e. The van der Waals surface area contributed by atoms with E-state index in [0.717, 1.165) is 0 Å². The molecule has 5 radical (unpaired) electrons. The van der Waals surface area contributed by atoms with Crippen molar-refractivity contribution in [2.24, 2.45) is 0 Å². The molecular weight excluding hydrogens is 168 g/mol. The summed E-state index contributed by atoms with van der Waals surface area (Å²) in [6, 6.07) is 1.22. The molecule has 0 aromatic rings. The average Bonchev–Trinajstić information content (AvgIpc) is 2.03. The summed E-state index contributed by atoms with van der Waals surface area (Å²) in [6.07, 6.45) is 8.26. The molecule has 0 aliphatic heterocycles. The Balaban J connectivity index is 2.69. The Hall–Kier alpha value is 0.394. The van der Waals surface area contributed by atoms with E-state index in [-0.39, 0.29) is 0 Å². The van der Waals surface area contributed by atoms with Crippen LogP contribution in [-0.4, -0.2) is 20.2 Å². The lowest BCUT2D eigenvalue weighted by Crippen LogP contribution is -1.93. The highest BCUT2D eigenvalue weighted by atomic mass is 28.3. The Morgan fingerprint density at radius 3 is 2.36 bits per heavy atom. The summed E-state index contributed by atoms with van der Waals surface area (Å²) in [5.41, 5.74) is 0. The van der Waals surface area contributed by atoms with E-state index in [0.29, 0.717) is 9.76 Å². The molecule has 0 aromatic heterocycles. The van der Waals surface area contributed by atoms with Gasteiger partial charge in [0.2, 0.25) is 20.2 Å². The Kier molecular flexibility index (Phi) is 10.8. The summed E-state index contributed by atoms with van der Waals surface area (Å²) in [6.45, 7) is 2.25. The maximum Gasteiger partial charge on any atom is 0.229 e. The van der Waals surface area contributed by atoms with Crippen LogP contribution in [-0.2, 0) is 4.12 Å². The van der Waals surface area contributed by atoms with Crippen molar-refractivity contribution in [1.29, 1.82) is 0 Å². The van der Waals surface area contributed by atoms with E-state index in [1.54, 1.807) is 0 Å². The van der Waals surface area contributed by atoms with Gasteiger partial charge in [-0.25, -0.2) is 0 Å². The molecule has 0 aliphatic carbocycles. The maximum absolute atomic E-state index is 4.80. The van der Waals surface area contributed by atoms with Crippen molar-refractivity contribution in [1.82, 2.24) is 0 Å². The highest BCUT2D eigenvalue weighted by Crippen LogP contribution is 2.06. The van der Waals surface area contributed by atoms with Crippen LogP contribution in [0, 0.1) is 0 Å². The monoisotopic (exact) mass is 185 g/mol. The molecule has 1 nitrogen and oxygen atoms in total. The lowest BCUT2D eigenvalue weighted by molar-refractivity contribution is 0.608. The predicted molar refractivity (Wildman–Crippen MR) is 50.8 cm³/mol. The van der Waals surface area contributed by atoms with Gasteiger partial charge < -0.3 is 4.12 Å². The molecule has 0 fully saturated rings. The van der Waals surface area contributed by atoms with Gasteiger partial charge >= 0.3 is 0 Å². The molecule has 0 saturated carbocycles. The van der Waals surface area contributed by atoms with Gasteiger partial charge in [-0.05, 0) is 6.04 Å². The van der Waals surface area contributed by atoms with Gasteiger partial charge in [0.1, 0.15) is 0 Å². The average molecular weight is 185 g/mol. The molecule has 63 valence electrons. The van der Waals surface area contributed by atoms with E-state index in [1.807, 2.05) is 0 Å². The van der Waals surface area contributed by atoms with Crippen molar-refractivity contribution < 1.29 is 4.12 Å². The molecule has 0 spiro atoms. The second-order valence-electron chi connectivity index (χ2n) is 2.76. The van der Waals surface area contributed by atoms with Crippen molar-refractivity contribution in [3.05, 3.63) is 0 Å². The molecule has 0 unspecified atom stereocenters. The summed E-state index contributed by atoms with van der Waals surface area (Å²) >= 11 is 0. The minimum absolute atomic E-state index is 0.641. The van der Waals surface area contributed by atoms with Gasteiger partial charge in [0.05, 0.1) is 0 Å². The minimum atomic E-state index is 0.641. The van der Waals surface area contributed by atoms with Crippen molar-refractivity contribution in [3.8, 4) is 0 Å². The first-order valence-electron chi connectivity index (χ1n) is 4.47. The zero-order valence-electron chi connectivity index (χ0n) is 7.36. The van der Waals surface area contributed by atoms with E-state index in [4.69, 9.17) is 4.12 Å². The van der Waals surface area contributed by atoms with Crippen LogP contribution >= 0.6 is 0 Å². The van der Waals surface area contributed by atoms with E-state index in [9.17, 15) is 0 Å². The van der Waals surface area contributed by atoms with Gasteiger partial charge in [-0.1, -0.05) is 45.4 Å². The summed E-state index contributed by atoms with van der Waals surface area (Å²) in [5.74, 6) is 0. The standard InChI is InChI=1S/C8H17OSi2/c1-2-3-4-5-6-7-8-11-9-10/h2-8H2,1H3. The van der Waals surface area contributed by atoms with Gasteiger partial charge in [-0.3, -0.25) is 0 Å². The van der Waals surface area contributed by atoms with Crippen LogP contribution in [0.2, 0.25) is 6.04 Å². The smallest absolute Gasteiger partial charge is 0.229 e. The lowest BCUT2D eigenvalue weighted by Gasteiger charge is -1.98. The maximum atomic E-state index is 4.80. The van der Waals surface area contributed by atoms with Crippen LogP contribution in [0.1, 0.15) is 45.4 Å². The molecule has 11 heavy (non-hydrogen) atoms. The SMILES string of the molecule is CCCCCCCC[Si]O[Si]. The summed E-state index contributed by atoms with van der Waals surface area (Å²) in [5, 5.41) is 0. The van der Waals surface area contributed by atoms with Crippen LogP contribution < -0.4 is 0 Å². The van der Waals surface area contributed by atoms with E-state index in [2.05, 4.69) is 17.4 Å². The number of hydrogen-bond acceptors (Lipinski definition) is 1. The Bertz CT molecular complexity index is 61.1. The van der Waals surface area contributed by atoms with Crippen molar-refractivity contribution >= 4 is 20.2 Å². The Morgan fingerprint density at radius 2 is 1.73 bits per heavy atom. The van der Waals surface area contributed by atoms with Gasteiger partial charge in [-0.2, -0.15) is 0 Å². The highest BCUT2D eigenvalue weighted by molar-refractivity contribution is 6.34. The summed E-state index contributed by atoms with van der Waals surface area (Å²) in [7, 11) is 3.64. The third-order valence-corrected chi connectivity index (χ3v) is 2.84. The minimum Gasteiger partial charge on any atom is -0.458 e. The zero-order chi connectivity index (χ0) is 8.36. The molecular formula is C8H17OSi2. The fraction of sp³-hybridized carbons (Fsp3) is 1.00.